The van der Waals surface area contributed by atoms with Crippen molar-refractivity contribution in [3.05, 3.63) is 124 Å². The van der Waals surface area contributed by atoms with Gasteiger partial charge in [0.1, 0.15) is 17.6 Å². The number of carboxylic acids is 1. The molecule has 5 aromatic rings. The number of rotatable bonds is 8. The minimum Gasteiger partial charge on any atom is -0.508 e. The molecule has 0 unspecified atom stereocenters. The standard InChI is InChI=1S/C32H26FNO4S/c1-19-2-6-21(7-3-19)22-9-13-29-25(15-22)18-30(39-29)31(36)34-28(32(37)38)17-23-8-12-27(35)16-24(23)14-20-4-10-26(33)11-5-20/h2-13,15-16,18,28,35H,14,17H2,1H3,(H,34,36)(H,37,38)/t28-/m0/s1. The van der Waals surface area contributed by atoms with Crippen molar-refractivity contribution in [1.82, 2.24) is 5.32 Å². The molecule has 0 aliphatic carbocycles. The first-order chi connectivity index (χ1) is 18.7. The molecule has 39 heavy (non-hydrogen) atoms. The number of carbonyl (C=O) groups is 2. The van der Waals surface area contributed by atoms with Gasteiger partial charge in [-0.3, -0.25) is 4.79 Å². The SMILES string of the molecule is Cc1ccc(-c2ccc3sc(C(=O)N[C@@H](Cc4ccc(O)cc4Cc4ccc(F)cc4)C(=O)O)cc3c2)cc1. The minimum atomic E-state index is -1.18. The summed E-state index contributed by atoms with van der Waals surface area (Å²) in [5.74, 6) is -1.93. The Hall–Kier alpha value is -4.49. The van der Waals surface area contributed by atoms with Crippen LogP contribution in [0.5, 0.6) is 5.75 Å². The van der Waals surface area contributed by atoms with E-state index in [1.54, 1.807) is 30.3 Å². The lowest BCUT2D eigenvalue weighted by atomic mass is 9.95. The summed E-state index contributed by atoms with van der Waals surface area (Å²) in [6.07, 6.45) is 0.407. The third-order valence-corrected chi connectivity index (χ3v) is 7.76. The van der Waals surface area contributed by atoms with E-state index >= 15 is 0 Å². The van der Waals surface area contributed by atoms with Gasteiger partial charge in [-0.25, -0.2) is 9.18 Å². The molecule has 4 aromatic carbocycles. The van der Waals surface area contributed by atoms with Crippen LogP contribution in [-0.4, -0.2) is 28.1 Å². The van der Waals surface area contributed by atoms with E-state index in [0.29, 0.717) is 22.4 Å². The number of phenolic OH excluding ortho intramolecular Hbond substituents is 1. The Kier molecular flexibility index (Phi) is 7.43. The summed E-state index contributed by atoms with van der Waals surface area (Å²) in [6, 6.07) is 25.5. The van der Waals surface area contributed by atoms with Gasteiger partial charge in [-0.2, -0.15) is 0 Å². The molecular formula is C32H26FNO4S. The lowest BCUT2D eigenvalue weighted by molar-refractivity contribution is -0.139. The van der Waals surface area contributed by atoms with Crippen LogP contribution in [0.3, 0.4) is 0 Å². The van der Waals surface area contributed by atoms with Crippen LogP contribution < -0.4 is 5.32 Å². The monoisotopic (exact) mass is 539 g/mol. The third kappa shape index (κ3) is 6.16. The van der Waals surface area contributed by atoms with E-state index in [2.05, 4.69) is 29.6 Å². The largest absolute Gasteiger partial charge is 0.508 e. The Labute approximate surface area is 229 Å². The summed E-state index contributed by atoms with van der Waals surface area (Å²) in [5.41, 5.74) is 5.48. The van der Waals surface area contributed by atoms with Gasteiger partial charge >= 0.3 is 5.97 Å². The fraction of sp³-hybridized carbons (Fsp3) is 0.125. The second-order valence-corrected chi connectivity index (χ2v) is 10.6. The number of benzene rings is 4. The number of aryl methyl sites for hydroxylation is 1. The molecule has 7 heteroatoms. The van der Waals surface area contributed by atoms with Crippen molar-refractivity contribution in [1.29, 1.82) is 0 Å². The predicted molar refractivity (Wildman–Crippen MR) is 152 cm³/mol. The van der Waals surface area contributed by atoms with Crippen LogP contribution in [0.4, 0.5) is 4.39 Å². The summed E-state index contributed by atoms with van der Waals surface area (Å²) in [7, 11) is 0. The Morgan fingerprint density at radius 2 is 1.59 bits per heavy atom. The normalized spacial score (nSPS) is 11.8. The number of hydrogen-bond donors (Lipinski definition) is 3. The highest BCUT2D eigenvalue weighted by Gasteiger charge is 2.24. The number of phenols is 1. The quantitative estimate of drug-likeness (QED) is 0.204. The van der Waals surface area contributed by atoms with Crippen molar-refractivity contribution in [2.24, 2.45) is 0 Å². The zero-order valence-corrected chi connectivity index (χ0v) is 22.0. The van der Waals surface area contributed by atoms with Gasteiger partial charge in [-0.15, -0.1) is 11.3 Å². The predicted octanol–water partition coefficient (Wildman–Crippen LogP) is 6.74. The summed E-state index contributed by atoms with van der Waals surface area (Å²) in [5, 5.41) is 23.5. The molecule has 1 amide bonds. The average Bonchev–Trinajstić information content (AvgIpc) is 3.35. The van der Waals surface area contributed by atoms with Crippen LogP contribution in [-0.2, 0) is 17.6 Å². The number of fused-ring (bicyclic) bond motifs is 1. The Balaban J connectivity index is 1.35. The van der Waals surface area contributed by atoms with Crippen LogP contribution in [0.1, 0.15) is 31.9 Å². The van der Waals surface area contributed by atoms with E-state index in [4.69, 9.17) is 0 Å². The Morgan fingerprint density at radius 3 is 2.31 bits per heavy atom. The fourth-order valence-corrected chi connectivity index (χ4v) is 5.47. The molecular weight excluding hydrogens is 513 g/mol. The van der Waals surface area contributed by atoms with Crippen molar-refractivity contribution in [2.75, 3.05) is 0 Å². The molecule has 1 heterocycles. The van der Waals surface area contributed by atoms with Crippen molar-refractivity contribution < 1.29 is 24.2 Å². The second-order valence-electron chi connectivity index (χ2n) is 9.55. The van der Waals surface area contributed by atoms with E-state index in [9.17, 15) is 24.2 Å². The van der Waals surface area contributed by atoms with Gasteiger partial charge in [-0.1, -0.05) is 54.1 Å². The zero-order valence-electron chi connectivity index (χ0n) is 21.1. The van der Waals surface area contributed by atoms with Crippen molar-refractivity contribution >= 4 is 33.3 Å². The molecule has 0 saturated heterocycles. The van der Waals surface area contributed by atoms with Crippen molar-refractivity contribution in [3.8, 4) is 16.9 Å². The summed E-state index contributed by atoms with van der Waals surface area (Å²) in [4.78, 5) is 25.7. The minimum absolute atomic E-state index is 0.0281. The molecule has 5 rings (SSSR count). The van der Waals surface area contributed by atoms with E-state index in [-0.39, 0.29) is 18.0 Å². The lowest BCUT2D eigenvalue weighted by Crippen LogP contribution is -2.42. The second kappa shape index (κ2) is 11.1. The van der Waals surface area contributed by atoms with Gasteiger partial charge in [-0.05, 0) is 89.0 Å². The summed E-state index contributed by atoms with van der Waals surface area (Å²) >= 11 is 1.31. The maximum absolute atomic E-state index is 13.3. The number of hydrogen-bond acceptors (Lipinski definition) is 4. The fourth-order valence-electron chi connectivity index (χ4n) is 4.53. The molecule has 3 N–H and O–H groups in total. The van der Waals surface area contributed by atoms with Crippen LogP contribution in [0, 0.1) is 12.7 Å². The highest BCUT2D eigenvalue weighted by atomic mass is 32.1. The molecule has 196 valence electrons. The van der Waals surface area contributed by atoms with Gasteiger partial charge < -0.3 is 15.5 Å². The van der Waals surface area contributed by atoms with Crippen LogP contribution in [0.15, 0.2) is 91.0 Å². The number of nitrogens with one attached hydrogen (secondary N) is 1. The van der Waals surface area contributed by atoms with Crippen LogP contribution >= 0.6 is 11.3 Å². The zero-order chi connectivity index (χ0) is 27.5. The molecule has 0 saturated carbocycles. The number of thiophene rings is 1. The van der Waals surface area contributed by atoms with Crippen LogP contribution in [0.2, 0.25) is 0 Å². The first-order valence-electron chi connectivity index (χ1n) is 12.4. The molecule has 1 atom stereocenters. The van der Waals surface area contributed by atoms with Gasteiger partial charge in [0.15, 0.2) is 0 Å². The van der Waals surface area contributed by atoms with E-state index in [0.717, 1.165) is 26.8 Å². The first kappa shape index (κ1) is 26.1. The molecule has 0 bridgehead atoms. The molecule has 0 aliphatic heterocycles. The number of carboxylic acid groups (broad SMARTS) is 1. The number of aliphatic carboxylic acids is 1. The maximum Gasteiger partial charge on any atom is 0.326 e. The molecule has 1 aromatic heterocycles. The van der Waals surface area contributed by atoms with E-state index in [1.807, 2.05) is 25.1 Å². The van der Waals surface area contributed by atoms with Gasteiger partial charge in [0, 0.05) is 11.1 Å². The van der Waals surface area contributed by atoms with E-state index < -0.39 is 17.9 Å². The van der Waals surface area contributed by atoms with E-state index in [1.165, 1.54) is 35.1 Å². The first-order valence-corrected chi connectivity index (χ1v) is 13.3. The molecule has 5 nitrogen and oxygen atoms in total. The Morgan fingerprint density at radius 1 is 0.872 bits per heavy atom. The Bertz CT molecular complexity index is 1660. The molecule has 0 fully saturated rings. The summed E-state index contributed by atoms with van der Waals surface area (Å²) in [6.45, 7) is 2.04. The molecule has 0 spiro atoms. The average molecular weight is 540 g/mol. The van der Waals surface area contributed by atoms with Crippen molar-refractivity contribution in [3.63, 3.8) is 0 Å². The number of halogens is 1. The number of amides is 1. The van der Waals surface area contributed by atoms with Gasteiger partial charge in [0.05, 0.1) is 4.88 Å². The van der Waals surface area contributed by atoms with Crippen LogP contribution in [0.25, 0.3) is 21.2 Å². The highest BCUT2D eigenvalue weighted by Crippen LogP contribution is 2.31. The van der Waals surface area contributed by atoms with Gasteiger partial charge in [0.2, 0.25) is 0 Å². The maximum atomic E-state index is 13.3. The van der Waals surface area contributed by atoms with Crippen molar-refractivity contribution in [2.45, 2.75) is 25.8 Å². The lowest BCUT2D eigenvalue weighted by Gasteiger charge is -2.17. The summed E-state index contributed by atoms with van der Waals surface area (Å²) < 4.78 is 14.3. The number of carbonyl (C=O) groups excluding carboxylic acids is 1. The van der Waals surface area contributed by atoms with Gasteiger partial charge in [0.25, 0.3) is 5.91 Å². The smallest absolute Gasteiger partial charge is 0.326 e. The topological polar surface area (TPSA) is 86.6 Å². The highest BCUT2D eigenvalue weighted by molar-refractivity contribution is 7.20. The third-order valence-electron chi connectivity index (χ3n) is 6.65. The molecule has 0 radical (unpaired) electrons. The number of aromatic hydroxyl groups is 1. The molecule has 0 aliphatic rings.